The highest BCUT2D eigenvalue weighted by Crippen LogP contribution is 2.25. The Morgan fingerprint density at radius 1 is 1.15 bits per heavy atom. The van der Waals surface area contributed by atoms with Gasteiger partial charge in [-0.05, 0) is 36.9 Å². The largest absolute Gasteiger partial charge is 0.324 e. The number of imidazole rings is 1. The van der Waals surface area contributed by atoms with Crippen molar-refractivity contribution in [3.63, 3.8) is 0 Å². The standard InChI is InChI=1S/C20H23N3OS.ClH/c1-3-4-13-19-21-15-9-5-7-11-17(15)23(19)14-20(24)22-16-10-6-8-12-18(16)25-2;/h5-12H,3-4,13-14H2,1-2H3,(H,22,24);1H. The van der Waals surface area contributed by atoms with Gasteiger partial charge in [0, 0.05) is 11.3 Å². The summed E-state index contributed by atoms with van der Waals surface area (Å²) >= 11 is 1.63. The fourth-order valence-electron chi connectivity index (χ4n) is 2.91. The number of benzene rings is 2. The van der Waals surface area contributed by atoms with Gasteiger partial charge in [-0.25, -0.2) is 4.98 Å². The third kappa shape index (κ3) is 4.59. The molecule has 0 unspecified atom stereocenters. The number of aryl methyl sites for hydroxylation is 1. The number of halogens is 1. The molecule has 3 aromatic rings. The molecule has 138 valence electrons. The lowest BCUT2D eigenvalue weighted by atomic mass is 10.2. The van der Waals surface area contributed by atoms with Gasteiger partial charge in [-0.3, -0.25) is 4.79 Å². The second-order valence-corrected chi connectivity index (χ2v) is 6.80. The van der Waals surface area contributed by atoms with Crippen molar-refractivity contribution in [3.8, 4) is 0 Å². The molecule has 0 aliphatic rings. The number of thioether (sulfide) groups is 1. The van der Waals surface area contributed by atoms with Crippen LogP contribution in [0.4, 0.5) is 5.69 Å². The minimum atomic E-state index is -0.0256. The minimum absolute atomic E-state index is 0. The van der Waals surface area contributed by atoms with Crippen LogP contribution in [0.3, 0.4) is 0 Å². The third-order valence-electron chi connectivity index (χ3n) is 4.17. The van der Waals surface area contributed by atoms with Crippen molar-refractivity contribution in [1.29, 1.82) is 0 Å². The topological polar surface area (TPSA) is 46.9 Å². The van der Waals surface area contributed by atoms with Crippen molar-refractivity contribution in [2.24, 2.45) is 0 Å². The number of carbonyl (C=O) groups is 1. The normalized spacial score (nSPS) is 10.5. The van der Waals surface area contributed by atoms with E-state index in [1.807, 2.05) is 59.4 Å². The van der Waals surface area contributed by atoms with Gasteiger partial charge in [0.2, 0.25) is 5.91 Å². The number of nitrogens with one attached hydrogen (secondary N) is 1. The zero-order chi connectivity index (χ0) is 17.6. The summed E-state index contributed by atoms with van der Waals surface area (Å²) in [6.45, 7) is 2.45. The second-order valence-electron chi connectivity index (χ2n) is 5.95. The molecule has 0 bridgehead atoms. The predicted octanol–water partition coefficient (Wildman–Crippen LogP) is 5.16. The van der Waals surface area contributed by atoms with Crippen LogP contribution in [0.25, 0.3) is 11.0 Å². The summed E-state index contributed by atoms with van der Waals surface area (Å²) in [7, 11) is 0. The Morgan fingerprint density at radius 3 is 2.65 bits per heavy atom. The summed E-state index contributed by atoms with van der Waals surface area (Å²) < 4.78 is 2.04. The molecule has 0 radical (unpaired) electrons. The van der Waals surface area contributed by atoms with Crippen molar-refractivity contribution in [3.05, 3.63) is 54.4 Å². The van der Waals surface area contributed by atoms with Crippen LogP contribution in [0.5, 0.6) is 0 Å². The smallest absolute Gasteiger partial charge is 0.244 e. The predicted molar refractivity (Wildman–Crippen MR) is 112 cm³/mol. The number of anilines is 1. The van der Waals surface area contributed by atoms with Crippen LogP contribution in [0.2, 0.25) is 0 Å². The Hall–Kier alpha value is -1.98. The monoisotopic (exact) mass is 389 g/mol. The van der Waals surface area contributed by atoms with Crippen molar-refractivity contribution in [2.45, 2.75) is 37.6 Å². The first kappa shape index (κ1) is 20.3. The van der Waals surface area contributed by atoms with Crippen molar-refractivity contribution < 1.29 is 4.79 Å². The highest BCUT2D eigenvalue weighted by molar-refractivity contribution is 7.98. The van der Waals surface area contributed by atoms with Crippen molar-refractivity contribution >= 4 is 46.8 Å². The van der Waals surface area contributed by atoms with Gasteiger partial charge < -0.3 is 9.88 Å². The Balaban J connectivity index is 0.00000243. The lowest BCUT2D eigenvalue weighted by Gasteiger charge is -2.12. The molecule has 26 heavy (non-hydrogen) atoms. The first-order chi connectivity index (χ1) is 12.2. The fraction of sp³-hybridized carbons (Fsp3) is 0.300. The van der Waals surface area contributed by atoms with Gasteiger partial charge in [-0.15, -0.1) is 24.2 Å². The molecule has 1 amide bonds. The first-order valence-corrected chi connectivity index (χ1v) is 9.82. The van der Waals surface area contributed by atoms with Crippen molar-refractivity contribution in [1.82, 2.24) is 9.55 Å². The van der Waals surface area contributed by atoms with Gasteiger partial charge in [0.05, 0.1) is 16.7 Å². The van der Waals surface area contributed by atoms with Gasteiger partial charge in [0.1, 0.15) is 12.4 Å². The molecule has 2 aromatic carbocycles. The molecule has 0 aliphatic heterocycles. The molecular formula is C20H24ClN3OS. The Morgan fingerprint density at radius 2 is 1.88 bits per heavy atom. The van der Waals surface area contributed by atoms with Gasteiger partial charge in [0.25, 0.3) is 0 Å². The minimum Gasteiger partial charge on any atom is -0.324 e. The molecule has 0 spiro atoms. The quantitative estimate of drug-likeness (QED) is 0.567. The van der Waals surface area contributed by atoms with Gasteiger partial charge in [-0.2, -0.15) is 0 Å². The van der Waals surface area contributed by atoms with Crippen LogP contribution in [-0.4, -0.2) is 21.7 Å². The van der Waals surface area contributed by atoms with Crippen LogP contribution >= 0.6 is 24.2 Å². The molecule has 0 saturated heterocycles. The lowest BCUT2D eigenvalue weighted by Crippen LogP contribution is -2.20. The number of aromatic nitrogens is 2. The van der Waals surface area contributed by atoms with Crippen LogP contribution in [0.1, 0.15) is 25.6 Å². The van der Waals surface area contributed by atoms with Crippen molar-refractivity contribution in [2.75, 3.05) is 11.6 Å². The summed E-state index contributed by atoms with van der Waals surface area (Å²) in [5, 5.41) is 3.04. The maximum absolute atomic E-state index is 12.6. The van der Waals surface area contributed by atoms with Crippen LogP contribution in [-0.2, 0) is 17.8 Å². The average Bonchev–Trinajstić information content (AvgIpc) is 2.98. The molecule has 4 nitrogen and oxygen atoms in total. The molecule has 6 heteroatoms. The number of para-hydroxylation sites is 3. The molecule has 1 aromatic heterocycles. The van der Waals surface area contributed by atoms with E-state index in [-0.39, 0.29) is 24.9 Å². The third-order valence-corrected chi connectivity index (χ3v) is 4.97. The first-order valence-electron chi connectivity index (χ1n) is 8.60. The van der Waals surface area contributed by atoms with Gasteiger partial charge in [0.15, 0.2) is 0 Å². The fourth-order valence-corrected chi connectivity index (χ4v) is 3.46. The molecule has 0 saturated carbocycles. The van der Waals surface area contributed by atoms with E-state index >= 15 is 0 Å². The molecular weight excluding hydrogens is 366 g/mol. The maximum Gasteiger partial charge on any atom is 0.244 e. The highest BCUT2D eigenvalue weighted by atomic mass is 35.5. The number of nitrogens with zero attached hydrogens (tertiary/aromatic N) is 2. The van der Waals surface area contributed by atoms with E-state index < -0.39 is 0 Å². The van der Waals surface area contributed by atoms with Gasteiger partial charge >= 0.3 is 0 Å². The van der Waals surface area contributed by atoms with E-state index in [2.05, 4.69) is 12.2 Å². The Kier molecular flexibility index (Phi) is 7.54. The average molecular weight is 390 g/mol. The molecule has 0 atom stereocenters. The van der Waals surface area contributed by atoms with Crippen LogP contribution in [0, 0.1) is 0 Å². The summed E-state index contributed by atoms with van der Waals surface area (Å²) in [4.78, 5) is 18.4. The summed E-state index contributed by atoms with van der Waals surface area (Å²) in [5.74, 6) is 0.957. The van der Waals surface area contributed by atoms with E-state index in [0.717, 1.165) is 46.7 Å². The second kappa shape index (κ2) is 9.64. The Bertz CT molecular complexity index is 878. The summed E-state index contributed by atoms with van der Waals surface area (Å²) in [6.07, 6.45) is 5.08. The number of carbonyl (C=O) groups excluding carboxylic acids is 1. The highest BCUT2D eigenvalue weighted by Gasteiger charge is 2.14. The van der Waals surface area contributed by atoms with E-state index in [9.17, 15) is 4.79 Å². The number of hydrogen-bond donors (Lipinski definition) is 1. The number of amides is 1. The zero-order valence-corrected chi connectivity index (χ0v) is 16.7. The summed E-state index contributed by atoms with van der Waals surface area (Å²) in [6, 6.07) is 15.9. The molecule has 1 N–H and O–H groups in total. The van der Waals surface area contributed by atoms with E-state index in [0.29, 0.717) is 0 Å². The Labute approximate surface area is 164 Å². The number of fused-ring (bicyclic) bond motifs is 1. The maximum atomic E-state index is 12.6. The zero-order valence-electron chi connectivity index (χ0n) is 15.1. The summed E-state index contributed by atoms with van der Waals surface area (Å²) in [5.41, 5.74) is 2.83. The molecule has 3 rings (SSSR count). The number of unbranched alkanes of at least 4 members (excludes halogenated alkanes) is 1. The molecule has 0 fully saturated rings. The van der Waals surface area contributed by atoms with Gasteiger partial charge in [-0.1, -0.05) is 37.6 Å². The lowest BCUT2D eigenvalue weighted by molar-refractivity contribution is -0.116. The number of hydrogen-bond acceptors (Lipinski definition) is 3. The SMILES string of the molecule is CCCCc1nc2ccccc2n1CC(=O)Nc1ccccc1SC.Cl. The van der Waals surface area contributed by atoms with Crippen LogP contribution < -0.4 is 5.32 Å². The van der Waals surface area contributed by atoms with E-state index in [4.69, 9.17) is 4.98 Å². The molecule has 0 aliphatic carbocycles. The van der Waals surface area contributed by atoms with E-state index in [1.54, 1.807) is 11.8 Å². The number of rotatable bonds is 7. The van der Waals surface area contributed by atoms with Crippen LogP contribution in [0.15, 0.2) is 53.4 Å². The molecule has 1 heterocycles. The van der Waals surface area contributed by atoms with E-state index in [1.165, 1.54) is 0 Å².